The fourth-order valence-corrected chi connectivity index (χ4v) is 1.55. The van der Waals surface area contributed by atoms with Crippen LogP contribution in [-0.4, -0.2) is 11.9 Å². The van der Waals surface area contributed by atoms with E-state index in [9.17, 15) is 18.0 Å². The van der Waals surface area contributed by atoms with E-state index in [0.29, 0.717) is 6.42 Å². The lowest BCUT2D eigenvalue weighted by Crippen LogP contribution is -2.26. The van der Waals surface area contributed by atoms with Crippen LogP contribution in [0, 0.1) is 17.5 Å². The molecule has 1 unspecified atom stereocenters. The molecule has 100 valence electrons. The molecule has 0 aliphatic heterocycles. The summed E-state index contributed by atoms with van der Waals surface area (Å²) in [6.07, 6.45) is 1.57. The Labute approximate surface area is 103 Å². The van der Waals surface area contributed by atoms with Gasteiger partial charge in [0.05, 0.1) is 0 Å². The Hall–Kier alpha value is -1.56. The first-order valence-electron chi connectivity index (χ1n) is 5.64. The summed E-state index contributed by atoms with van der Waals surface area (Å²) in [7, 11) is 0. The van der Waals surface area contributed by atoms with Crippen LogP contribution >= 0.6 is 0 Å². The van der Waals surface area contributed by atoms with Crippen molar-refractivity contribution < 1.29 is 18.0 Å². The molecular weight excluding hydrogens is 245 g/mol. The highest BCUT2D eigenvalue weighted by Crippen LogP contribution is 2.17. The maximum Gasteiger partial charge on any atom is 0.225 e. The van der Waals surface area contributed by atoms with Crippen molar-refractivity contribution in [3.05, 3.63) is 29.6 Å². The molecule has 0 spiro atoms. The van der Waals surface area contributed by atoms with Crippen LogP contribution in [0.3, 0.4) is 0 Å². The Bertz CT molecular complexity index is 414. The summed E-state index contributed by atoms with van der Waals surface area (Å²) in [6, 6.07) is 1.15. The maximum atomic E-state index is 12.9. The number of benzene rings is 1. The van der Waals surface area contributed by atoms with E-state index in [4.69, 9.17) is 5.73 Å². The zero-order chi connectivity index (χ0) is 13.7. The number of carbonyl (C=O) groups is 1. The van der Waals surface area contributed by atoms with E-state index in [2.05, 4.69) is 5.32 Å². The van der Waals surface area contributed by atoms with Crippen molar-refractivity contribution in [2.45, 2.75) is 32.2 Å². The summed E-state index contributed by atoms with van der Waals surface area (Å²) < 4.78 is 38.4. The molecule has 1 atom stereocenters. The van der Waals surface area contributed by atoms with Crippen molar-refractivity contribution in [1.82, 2.24) is 0 Å². The van der Waals surface area contributed by atoms with Gasteiger partial charge in [0.2, 0.25) is 5.91 Å². The fraction of sp³-hybridized carbons (Fsp3) is 0.417. The number of hydrogen-bond acceptors (Lipinski definition) is 2. The lowest BCUT2D eigenvalue weighted by atomic mass is 10.1. The third-order valence-corrected chi connectivity index (χ3v) is 2.37. The normalized spacial score (nSPS) is 12.3. The van der Waals surface area contributed by atoms with Gasteiger partial charge >= 0.3 is 0 Å². The third-order valence-electron chi connectivity index (χ3n) is 2.37. The molecule has 3 nitrogen and oxygen atoms in total. The van der Waals surface area contributed by atoms with Gasteiger partial charge < -0.3 is 11.1 Å². The van der Waals surface area contributed by atoms with Gasteiger partial charge in [0.15, 0.2) is 17.5 Å². The Morgan fingerprint density at radius 1 is 1.33 bits per heavy atom. The summed E-state index contributed by atoms with van der Waals surface area (Å²) in [5.41, 5.74) is 5.53. The van der Waals surface area contributed by atoms with Gasteiger partial charge in [0.1, 0.15) is 0 Å². The Morgan fingerprint density at radius 3 is 2.39 bits per heavy atom. The average Bonchev–Trinajstić information content (AvgIpc) is 2.25. The highest BCUT2D eigenvalue weighted by Gasteiger charge is 2.13. The minimum atomic E-state index is -1.56. The highest BCUT2D eigenvalue weighted by molar-refractivity contribution is 5.91. The summed E-state index contributed by atoms with van der Waals surface area (Å²) in [5, 5.41) is 2.27. The zero-order valence-electron chi connectivity index (χ0n) is 9.97. The molecule has 0 aliphatic rings. The SMILES string of the molecule is CCCC(N)CC(=O)Nc1cc(F)c(F)c(F)c1. The summed E-state index contributed by atoms with van der Waals surface area (Å²) in [5.74, 6) is -4.71. The van der Waals surface area contributed by atoms with Gasteiger partial charge in [-0.15, -0.1) is 0 Å². The predicted octanol–water partition coefficient (Wildman–Crippen LogP) is 2.56. The largest absolute Gasteiger partial charge is 0.327 e. The third kappa shape index (κ3) is 4.03. The van der Waals surface area contributed by atoms with E-state index in [1.165, 1.54) is 0 Å². The number of amides is 1. The molecule has 6 heteroatoms. The molecule has 0 aliphatic carbocycles. The first-order chi connectivity index (χ1) is 8.43. The van der Waals surface area contributed by atoms with Crippen LogP contribution in [0.4, 0.5) is 18.9 Å². The molecule has 1 aromatic carbocycles. The lowest BCUT2D eigenvalue weighted by Gasteiger charge is -2.10. The summed E-state index contributed by atoms with van der Waals surface area (Å²) in [4.78, 5) is 11.5. The van der Waals surface area contributed by atoms with Gasteiger partial charge in [-0.25, -0.2) is 13.2 Å². The Balaban J connectivity index is 2.65. The van der Waals surface area contributed by atoms with Crippen LogP contribution in [0.5, 0.6) is 0 Å². The van der Waals surface area contributed by atoms with Gasteiger partial charge in [-0.1, -0.05) is 13.3 Å². The summed E-state index contributed by atoms with van der Waals surface area (Å²) in [6.45, 7) is 1.93. The molecule has 0 heterocycles. The molecular formula is C12H15F3N2O. The number of nitrogens with two attached hydrogens (primary N) is 1. The monoisotopic (exact) mass is 260 g/mol. The van der Waals surface area contributed by atoms with Gasteiger partial charge in [-0.05, 0) is 6.42 Å². The van der Waals surface area contributed by atoms with Crippen LogP contribution in [0.15, 0.2) is 12.1 Å². The molecule has 0 bridgehead atoms. The van der Waals surface area contributed by atoms with Crippen molar-refractivity contribution in [3.63, 3.8) is 0 Å². The number of rotatable bonds is 5. The van der Waals surface area contributed by atoms with Crippen LogP contribution in [0.1, 0.15) is 26.2 Å². The van der Waals surface area contributed by atoms with Crippen molar-refractivity contribution in [3.8, 4) is 0 Å². The minimum Gasteiger partial charge on any atom is -0.327 e. The number of halogens is 3. The van der Waals surface area contributed by atoms with Crippen LogP contribution in [0.2, 0.25) is 0 Å². The lowest BCUT2D eigenvalue weighted by molar-refractivity contribution is -0.116. The van der Waals surface area contributed by atoms with Gasteiger partial charge in [0, 0.05) is 30.3 Å². The smallest absolute Gasteiger partial charge is 0.225 e. The molecule has 1 aromatic rings. The number of anilines is 1. The first-order valence-corrected chi connectivity index (χ1v) is 5.64. The molecule has 0 saturated heterocycles. The zero-order valence-corrected chi connectivity index (χ0v) is 9.97. The topological polar surface area (TPSA) is 55.1 Å². The number of carbonyl (C=O) groups excluding carboxylic acids is 1. The molecule has 0 saturated carbocycles. The van der Waals surface area contributed by atoms with E-state index in [1.807, 2.05) is 6.92 Å². The van der Waals surface area contributed by atoms with Crippen LogP contribution in [0.25, 0.3) is 0 Å². The minimum absolute atomic E-state index is 0.0501. The van der Waals surface area contributed by atoms with Crippen molar-refractivity contribution in [2.75, 3.05) is 5.32 Å². The Morgan fingerprint density at radius 2 is 1.89 bits per heavy atom. The maximum absolute atomic E-state index is 12.9. The standard InChI is InChI=1S/C12H15F3N2O/c1-2-3-7(16)4-11(18)17-8-5-9(13)12(15)10(14)6-8/h5-7H,2-4,16H2,1H3,(H,17,18). The fourth-order valence-electron chi connectivity index (χ4n) is 1.55. The predicted molar refractivity (Wildman–Crippen MR) is 62.4 cm³/mol. The molecule has 0 fully saturated rings. The van der Waals surface area contributed by atoms with E-state index < -0.39 is 23.4 Å². The first kappa shape index (κ1) is 14.5. The molecule has 3 N–H and O–H groups in total. The van der Waals surface area contributed by atoms with Gasteiger partial charge in [-0.3, -0.25) is 4.79 Å². The second-order valence-corrected chi connectivity index (χ2v) is 4.05. The van der Waals surface area contributed by atoms with Crippen LogP contribution in [-0.2, 0) is 4.79 Å². The van der Waals surface area contributed by atoms with Crippen molar-refractivity contribution in [2.24, 2.45) is 5.73 Å². The molecule has 0 aromatic heterocycles. The highest BCUT2D eigenvalue weighted by atomic mass is 19.2. The summed E-state index contributed by atoms with van der Waals surface area (Å²) >= 11 is 0. The van der Waals surface area contributed by atoms with Crippen LogP contribution < -0.4 is 11.1 Å². The van der Waals surface area contributed by atoms with E-state index >= 15 is 0 Å². The average molecular weight is 260 g/mol. The number of hydrogen-bond donors (Lipinski definition) is 2. The quantitative estimate of drug-likeness (QED) is 0.799. The second kappa shape index (κ2) is 6.39. The molecule has 1 rings (SSSR count). The number of nitrogens with one attached hydrogen (secondary N) is 1. The van der Waals surface area contributed by atoms with Gasteiger partial charge in [-0.2, -0.15) is 0 Å². The Kier molecular flexibility index (Phi) is 5.15. The van der Waals surface area contributed by atoms with E-state index in [-0.39, 0.29) is 18.2 Å². The molecule has 18 heavy (non-hydrogen) atoms. The molecule has 1 amide bonds. The second-order valence-electron chi connectivity index (χ2n) is 4.05. The van der Waals surface area contributed by atoms with Gasteiger partial charge in [0.25, 0.3) is 0 Å². The molecule has 0 radical (unpaired) electrons. The van der Waals surface area contributed by atoms with Crippen molar-refractivity contribution in [1.29, 1.82) is 0 Å². The van der Waals surface area contributed by atoms with E-state index in [0.717, 1.165) is 18.6 Å². The van der Waals surface area contributed by atoms with E-state index in [1.54, 1.807) is 0 Å². The van der Waals surface area contributed by atoms with Crippen molar-refractivity contribution >= 4 is 11.6 Å².